The molecule has 0 radical (unpaired) electrons. The van der Waals surface area contributed by atoms with Gasteiger partial charge in [0.05, 0.1) is 19.1 Å². The Morgan fingerprint density at radius 3 is 2.67 bits per heavy atom. The van der Waals surface area contributed by atoms with Gasteiger partial charge in [0.15, 0.2) is 0 Å². The van der Waals surface area contributed by atoms with Crippen molar-refractivity contribution in [3.63, 3.8) is 0 Å². The lowest BCUT2D eigenvalue weighted by molar-refractivity contribution is -0.146. The summed E-state index contributed by atoms with van der Waals surface area (Å²) in [5.41, 5.74) is 0. The molecule has 1 fully saturated rings. The molecule has 0 amide bonds. The van der Waals surface area contributed by atoms with Crippen molar-refractivity contribution in [2.24, 2.45) is 11.8 Å². The summed E-state index contributed by atoms with van der Waals surface area (Å²) in [4.78, 5) is 11.2. The normalized spacial score (nSPS) is 22.1. The molecule has 0 saturated carbocycles. The molecule has 1 saturated heterocycles. The van der Waals surface area contributed by atoms with Crippen LogP contribution in [0.3, 0.4) is 0 Å². The van der Waals surface area contributed by atoms with E-state index in [0.29, 0.717) is 19.6 Å². The Morgan fingerprint density at radius 1 is 1.53 bits per heavy atom. The Kier molecular flexibility index (Phi) is 5.05. The minimum absolute atomic E-state index is 0.229. The quantitative estimate of drug-likeness (QED) is 0.711. The molecule has 1 heterocycles. The van der Waals surface area contributed by atoms with E-state index in [1.807, 2.05) is 0 Å². The van der Waals surface area contributed by atoms with Crippen LogP contribution in [-0.4, -0.2) is 37.5 Å². The van der Waals surface area contributed by atoms with Crippen LogP contribution in [-0.2, 0) is 14.3 Å². The average molecular weight is 216 g/mol. The van der Waals surface area contributed by atoms with E-state index in [9.17, 15) is 9.90 Å². The maximum Gasteiger partial charge on any atom is 0.308 e. The first-order valence-electron chi connectivity index (χ1n) is 5.48. The molecule has 1 rings (SSSR count). The van der Waals surface area contributed by atoms with Crippen molar-refractivity contribution in [3.05, 3.63) is 0 Å². The summed E-state index contributed by atoms with van der Waals surface area (Å²) >= 11 is 0. The minimum Gasteiger partial charge on any atom is -0.469 e. The lowest BCUT2D eigenvalue weighted by atomic mass is 9.88. The molecule has 15 heavy (non-hydrogen) atoms. The van der Waals surface area contributed by atoms with Crippen LogP contribution in [0.5, 0.6) is 0 Å². The molecule has 2 atom stereocenters. The molecule has 0 spiro atoms. The van der Waals surface area contributed by atoms with Crippen molar-refractivity contribution in [1.82, 2.24) is 0 Å². The number of methoxy groups -OCH3 is 1. The first-order chi connectivity index (χ1) is 7.15. The van der Waals surface area contributed by atoms with Crippen LogP contribution in [0, 0.1) is 11.8 Å². The van der Waals surface area contributed by atoms with Gasteiger partial charge in [0.1, 0.15) is 0 Å². The monoisotopic (exact) mass is 216 g/mol. The number of rotatable bonds is 4. The van der Waals surface area contributed by atoms with Gasteiger partial charge >= 0.3 is 5.97 Å². The topological polar surface area (TPSA) is 55.8 Å². The highest BCUT2D eigenvalue weighted by atomic mass is 16.5. The van der Waals surface area contributed by atoms with Gasteiger partial charge in [-0.1, -0.05) is 6.92 Å². The predicted molar refractivity (Wildman–Crippen MR) is 55.3 cm³/mol. The summed E-state index contributed by atoms with van der Waals surface area (Å²) in [6.45, 7) is 3.22. The molecular formula is C11H20O4. The first kappa shape index (κ1) is 12.5. The minimum atomic E-state index is -0.414. The second-order valence-corrected chi connectivity index (χ2v) is 4.18. The highest BCUT2D eigenvalue weighted by molar-refractivity contribution is 5.71. The molecule has 0 aliphatic carbocycles. The van der Waals surface area contributed by atoms with Crippen molar-refractivity contribution in [2.75, 3.05) is 20.3 Å². The fourth-order valence-corrected chi connectivity index (χ4v) is 1.95. The van der Waals surface area contributed by atoms with Crippen LogP contribution in [0.25, 0.3) is 0 Å². The van der Waals surface area contributed by atoms with Crippen molar-refractivity contribution in [2.45, 2.75) is 32.3 Å². The van der Waals surface area contributed by atoms with E-state index in [2.05, 4.69) is 4.74 Å². The van der Waals surface area contributed by atoms with E-state index in [0.717, 1.165) is 12.8 Å². The Bertz CT molecular complexity index is 199. The van der Waals surface area contributed by atoms with E-state index in [1.54, 1.807) is 6.92 Å². The summed E-state index contributed by atoms with van der Waals surface area (Å²) in [6, 6.07) is 0. The number of aliphatic hydroxyl groups excluding tert-OH is 1. The summed E-state index contributed by atoms with van der Waals surface area (Å²) in [5, 5.41) is 9.93. The number of hydrogen-bond donors (Lipinski definition) is 1. The largest absolute Gasteiger partial charge is 0.469 e. The Balaban J connectivity index is 2.33. The lowest BCUT2D eigenvalue weighted by Crippen LogP contribution is -2.30. The van der Waals surface area contributed by atoms with Gasteiger partial charge in [-0.25, -0.2) is 0 Å². The smallest absolute Gasteiger partial charge is 0.308 e. The number of aliphatic hydroxyl groups is 1. The van der Waals surface area contributed by atoms with Gasteiger partial charge in [0, 0.05) is 13.2 Å². The third kappa shape index (κ3) is 3.80. The molecule has 88 valence electrons. The predicted octanol–water partition coefficient (Wildman–Crippen LogP) is 0.973. The standard InChI is InChI=1S/C11H20O4/c1-8(11(13)14-2)7-10(12)9-3-5-15-6-4-9/h8-10,12H,3-7H2,1-2H3. The Labute approximate surface area is 90.6 Å². The van der Waals surface area contributed by atoms with Crippen molar-refractivity contribution < 1.29 is 19.4 Å². The Morgan fingerprint density at radius 2 is 2.13 bits per heavy atom. The van der Waals surface area contributed by atoms with E-state index < -0.39 is 6.10 Å². The van der Waals surface area contributed by atoms with Crippen molar-refractivity contribution in [1.29, 1.82) is 0 Å². The van der Waals surface area contributed by atoms with Gasteiger partial charge in [-0.3, -0.25) is 4.79 Å². The fraction of sp³-hybridized carbons (Fsp3) is 0.909. The number of carbonyl (C=O) groups is 1. The number of esters is 1. The van der Waals surface area contributed by atoms with Gasteiger partial charge in [-0.2, -0.15) is 0 Å². The van der Waals surface area contributed by atoms with E-state index in [4.69, 9.17) is 4.74 Å². The van der Waals surface area contributed by atoms with Crippen molar-refractivity contribution >= 4 is 5.97 Å². The number of carbonyl (C=O) groups excluding carboxylic acids is 1. The molecule has 0 aromatic rings. The molecule has 0 bridgehead atoms. The van der Waals surface area contributed by atoms with Gasteiger partial charge in [0.25, 0.3) is 0 Å². The second-order valence-electron chi connectivity index (χ2n) is 4.18. The number of hydrogen-bond acceptors (Lipinski definition) is 4. The van der Waals surface area contributed by atoms with E-state index in [1.165, 1.54) is 7.11 Å². The number of ether oxygens (including phenoxy) is 2. The third-order valence-electron chi connectivity index (χ3n) is 3.01. The maximum atomic E-state index is 11.2. The van der Waals surface area contributed by atoms with Gasteiger partial charge in [0.2, 0.25) is 0 Å². The highest BCUT2D eigenvalue weighted by Gasteiger charge is 2.26. The maximum absolute atomic E-state index is 11.2. The summed E-state index contributed by atoms with van der Waals surface area (Å²) in [6.07, 6.45) is 1.84. The molecule has 2 unspecified atom stereocenters. The molecule has 4 heteroatoms. The summed E-state index contributed by atoms with van der Waals surface area (Å²) in [5.74, 6) is -0.209. The lowest BCUT2D eigenvalue weighted by Gasteiger charge is -2.27. The van der Waals surface area contributed by atoms with E-state index in [-0.39, 0.29) is 17.8 Å². The zero-order valence-corrected chi connectivity index (χ0v) is 9.44. The highest BCUT2D eigenvalue weighted by Crippen LogP contribution is 2.23. The second kappa shape index (κ2) is 6.08. The summed E-state index contributed by atoms with van der Waals surface area (Å²) < 4.78 is 9.85. The zero-order chi connectivity index (χ0) is 11.3. The zero-order valence-electron chi connectivity index (χ0n) is 9.44. The van der Waals surface area contributed by atoms with Crippen LogP contribution in [0.4, 0.5) is 0 Å². The van der Waals surface area contributed by atoms with Crippen LogP contribution >= 0.6 is 0 Å². The van der Waals surface area contributed by atoms with Crippen LogP contribution in [0.15, 0.2) is 0 Å². The van der Waals surface area contributed by atoms with Crippen LogP contribution in [0.1, 0.15) is 26.2 Å². The molecule has 1 aliphatic heterocycles. The average Bonchev–Trinajstić information content (AvgIpc) is 2.29. The Hall–Kier alpha value is -0.610. The van der Waals surface area contributed by atoms with Gasteiger partial charge < -0.3 is 14.6 Å². The van der Waals surface area contributed by atoms with Gasteiger partial charge in [-0.05, 0) is 25.2 Å². The molecule has 0 aromatic heterocycles. The fourth-order valence-electron chi connectivity index (χ4n) is 1.95. The van der Waals surface area contributed by atoms with Crippen LogP contribution in [0.2, 0.25) is 0 Å². The molecule has 1 N–H and O–H groups in total. The van der Waals surface area contributed by atoms with Crippen LogP contribution < -0.4 is 0 Å². The SMILES string of the molecule is COC(=O)C(C)CC(O)C1CCOCC1. The van der Waals surface area contributed by atoms with Gasteiger partial charge in [-0.15, -0.1) is 0 Å². The molecule has 1 aliphatic rings. The molecule has 0 aromatic carbocycles. The first-order valence-corrected chi connectivity index (χ1v) is 5.48. The van der Waals surface area contributed by atoms with E-state index >= 15 is 0 Å². The van der Waals surface area contributed by atoms with Crippen molar-refractivity contribution in [3.8, 4) is 0 Å². The molecular weight excluding hydrogens is 196 g/mol. The summed E-state index contributed by atoms with van der Waals surface area (Å²) in [7, 11) is 1.37. The third-order valence-corrected chi connectivity index (χ3v) is 3.01. The molecule has 4 nitrogen and oxygen atoms in total.